The van der Waals surface area contributed by atoms with Crippen LogP contribution in [0, 0.1) is 11.8 Å². The van der Waals surface area contributed by atoms with E-state index in [2.05, 4.69) is 202 Å². The van der Waals surface area contributed by atoms with Crippen LogP contribution in [0.5, 0.6) is 0 Å². The van der Waals surface area contributed by atoms with Gasteiger partial charge in [-0.1, -0.05) is 0 Å². The SMILES string of the molecule is CC(C)C1=Cc2c(-c3ccccc3)ccc(-c3ccccc3)c2[CH]1[Zr]([CH3])([CH3])(=[SiH2])[CH]1C(C(C)C)=Cc2c(-c3ccccc3)ccc(-c3ccccc3)c21. The Morgan fingerprint density at radius 2 is 0.673 bits per heavy atom. The van der Waals surface area contributed by atoms with E-state index < -0.39 is 17.4 Å². The van der Waals surface area contributed by atoms with Crippen LogP contribution in [-0.2, 0) is 17.4 Å². The molecule has 0 radical (unpaired) electrons. The summed E-state index contributed by atoms with van der Waals surface area (Å²) in [6, 6.07) is 54.2. The Kier molecular flexibility index (Phi) is 9.00. The van der Waals surface area contributed by atoms with Crippen molar-refractivity contribution in [2.24, 2.45) is 11.8 Å². The van der Waals surface area contributed by atoms with Gasteiger partial charge < -0.3 is 0 Å². The molecule has 0 heterocycles. The number of fused-ring (bicyclic) bond motifs is 2. The number of hydrogen-bond acceptors (Lipinski definition) is 0. The summed E-state index contributed by atoms with van der Waals surface area (Å²) in [5.41, 5.74) is 20.0. The molecule has 0 fully saturated rings. The molecule has 0 saturated heterocycles. The molecule has 0 amide bonds. The molecule has 0 N–H and O–H groups in total. The molecule has 2 aliphatic rings. The summed E-state index contributed by atoms with van der Waals surface area (Å²) in [4.78, 5) is 0. The first-order valence-electron chi connectivity index (χ1n) is 19.1. The quantitative estimate of drug-likeness (QED) is 0.135. The zero-order valence-electron chi connectivity index (χ0n) is 31.5. The first kappa shape index (κ1) is 35.0. The van der Waals surface area contributed by atoms with Crippen molar-refractivity contribution in [3.8, 4) is 44.5 Å². The predicted octanol–water partition coefficient (Wildman–Crippen LogP) is 13.6. The van der Waals surface area contributed by atoms with Gasteiger partial charge in [0.1, 0.15) is 0 Å². The zero-order chi connectivity index (χ0) is 36.2. The molecule has 0 aliphatic heterocycles. The average molecular weight is 770 g/mol. The van der Waals surface area contributed by atoms with Crippen molar-refractivity contribution >= 4 is 19.0 Å². The summed E-state index contributed by atoms with van der Waals surface area (Å²) in [5.74, 6) is 0.859. The van der Waals surface area contributed by atoms with Crippen LogP contribution in [0.15, 0.2) is 157 Å². The van der Waals surface area contributed by atoms with Gasteiger partial charge in [-0.05, 0) is 0 Å². The van der Waals surface area contributed by atoms with Gasteiger partial charge in [0.15, 0.2) is 0 Å². The van der Waals surface area contributed by atoms with Crippen molar-refractivity contribution in [2.45, 2.75) is 44.2 Å². The average Bonchev–Trinajstić information content (AvgIpc) is 3.79. The molecular formula is C50H50SiZr. The van der Waals surface area contributed by atoms with Crippen molar-refractivity contribution < 1.29 is 17.4 Å². The fourth-order valence-corrected chi connectivity index (χ4v) is 29.4. The van der Waals surface area contributed by atoms with Gasteiger partial charge in [0.2, 0.25) is 0 Å². The van der Waals surface area contributed by atoms with E-state index in [9.17, 15) is 0 Å². The second kappa shape index (κ2) is 13.4. The van der Waals surface area contributed by atoms with Crippen molar-refractivity contribution in [3.63, 3.8) is 0 Å². The Morgan fingerprint density at radius 1 is 0.404 bits per heavy atom. The summed E-state index contributed by atoms with van der Waals surface area (Å²) in [6.07, 6.45) is 5.28. The Hall–Kier alpha value is -4.10. The summed E-state index contributed by atoms with van der Waals surface area (Å²) < 4.78 is 6.41. The van der Waals surface area contributed by atoms with Crippen LogP contribution < -0.4 is 0 Å². The van der Waals surface area contributed by atoms with Crippen LogP contribution in [0.4, 0.5) is 0 Å². The third-order valence-electron chi connectivity index (χ3n) is 12.0. The van der Waals surface area contributed by atoms with Crippen molar-refractivity contribution in [1.82, 2.24) is 0 Å². The Bertz CT molecular complexity index is 2240. The molecule has 0 saturated carbocycles. The van der Waals surface area contributed by atoms with Gasteiger partial charge in [0.25, 0.3) is 0 Å². The maximum atomic E-state index is 2.82. The van der Waals surface area contributed by atoms with E-state index in [0.29, 0.717) is 19.1 Å². The molecule has 0 spiro atoms. The fourth-order valence-electron chi connectivity index (χ4n) is 9.73. The third-order valence-corrected chi connectivity index (χ3v) is 29.2. The van der Waals surface area contributed by atoms with Crippen molar-refractivity contribution in [2.75, 3.05) is 0 Å². The first-order valence-corrected chi connectivity index (χ1v) is 32.8. The summed E-state index contributed by atoms with van der Waals surface area (Å²) in [7, 11) is 0. The van der Waals surface area contributed by atoms with Crippen LogP contribution in [0.25, 0.3) is 56.7 Å². The minimum atomic E-state index is -4.10. The summed E-state index contributed by atoms with van der Waals surface area (Å²) >= 11 is -4.10. The van der Waals surface area contributed by atoms with E-state index >= 15 is 0 Å². The number of allylic oxidation sites excluding steroid dienone is 2. The third kappa shape index (κ3) is 5.84. The maximum absolute atomic E-state index is 4.10. The van der Waals surface area contributed by atoms with Crippen LogP contribution in [0.2, 0.25) is 9.26 Å². The molecule has 6 aromatic rings. The second-order valence-electron chi connectivity index (χ2n) is 16.8. The molecular weight excluding hydrogens is 720 g/mol. The van der Waals surface area contributed by atoms with Crippen LogP contribution in [0.1, 0.15) is 57.2 Å². The molecule has 2 aliphatic carbocycles. The van der Waals surface area contributed by atoms with Gasteiger partial charge in [-0.15, -0.1) is 0 Å². The van der Waals surface area contributed by atoms with Gasteiger partial charge in [0, 0.05) is 0 Å². The Balaban J connectivity index is 1.45. The zero-order valence-corrected chi connectivity index (χ0v) is 35.4. The minimum absolute atomic E-state index is 0.385. The molecule has 8 rings (SSSR count). The topological polar surface area (TPSA) is 0 Å². The number of hydrogen-bond donors (Lipinski definition) is 0. The van der Waals surface area contributed by atoms with E-state index in [0.717, 1.165) is 0 Å². The van der Waals surface area contributed by atoms with Gasteiger partial charge in [-0.3, -0.25) is 0 Å². The molecule has 2 heteroatoms. The van der Waals surface area contributed by atoms with Gasteiger partial charge >= 0.3 is 316 Å². The van der Waals surface area contributed by atoms with E-state index in [-0.39, 0.29) is 0 Å². The van der Waals surface area contributed by atoms with E-state index in [1.807, 2.05) is 0 Å². The first-order chi connectivity index (χ1) is 25.0. The standard InChI is InChI=1S/2C24H21.2CH3.H2Si.Zr/c2*1-17(2)20-15-23-21(18-9-5-3-6-10-18)13-14-22(24(23)16-20)19-11-7-4-8-12-19;;;;/h2*3-17H,1-2H3;2*1H3;1H2;. The summed E-state index contributed by atoms with van der Waals surface area (Å²) in [6.45, 7) is 12.2. The van der Waals surface area contributed by atoms with E-state index in [4.69, 9.17) is 0 Å². The van der Waals surface area contributed by atoms with Crippen LogP contribution >= 0.6 is 0 Å². The van der Waals surface area contributed by atoms with Crippen molar-refractivity contribution in [3.05, 3.63) is 179 Å². The van der Waals surface area contributed by atoms with E-state index in [1.165, 1.54) is 55.6 Å². The van der Waals surface area contributed by atoms with Gasteiger partial charge in [-0.25, -0.2) is 0 Å². The Labute approximate surface area is 313 Å². The molecule has 52 heavy (non-hydrogen) atoms. The normalized spacial score (nSPS) is 16.9. The van der Waals surface area contributed by atoms with Crippen LogP contribution in [0.3, 0.4) is 0 Å². The molecule has 258 valence electrons. The van der Waals surface area contributed by atoms with Gasteiger partial charge in [0.05, 0.1) is 0 Å². The predicted molar refractivity (Wildman–Crippen MR) is 226 cm³/mol. The molecule has 0 nitrogen and oxygen atoms in total. The molecule has 2 unspecified atom stereocenters. The fraction of sp³-hybridized carbons (Fsp3) is 0.200. The number of benzene rings is 6. The van der Waals surface area contributed by atoms with E-state index in [1.54, 1.807) is 22.3 Å². The molecule has 6 aromatic carbocycles. The van der Waals surface area contributed by atoms with Crippen LogP contribution in [-0.4, -0.2) is 6.88 Å². The van der Waals surface area contributed by atoms with Crippen molar-refractivity contribution in [1.29, 1.82) is 0 Å². The molecule has 0 aromatic heterocycles. The number of rotatable bonds is 8. The molecule has 0 bridgehead atoms. The Morgan fingerprint density at radius 3 is 0.962 bits per heavy atom. The molecule has 2 atom stereocenters. The summed E-state index contributed by atoms with van der Waals surface area (Å²) in [5, 5.41) is 0. The monoisotopic (exact) mass is 768 g/mol. The second-order valence-corrected chi connectivity index (χ2v) is 47.3. The van der Waals surface area contributed by atoms with Gasteiger partial charge in [-0.2, -0.15) is 0 Å².